The molecule has 1 aliphatic rings. The molecule has 4 atom stereocenters. The van der Waals surface area contributed by atoms with E-state index in [-0.39, 0.29) is 42.2 Å². The maximum Gasteiger partial charge on any atom is 0.225 e. The molecule has 1 fully saturated rings. The van der Waals surface area contributed by atoms with Gasteiger partial charge in [-0.3, -0.25) is 9.59 Å². The summed E-state index contributed by atoms with van der Waals surface area (Å²) < 4.78 is 0. The van der Waals surface area contributed by atoms with Crippen LogP contribution in [0.3, 0.4) is 0 Å². The maximum absolute atomic E-state index is 12.3. The van der Waals surface area contributed by atoms with E-state index in [9.17, 15) is 9.59 Å². The summed E-state index contributed by atoms with van der Waals surface area (Å²) in [6.45, 7) is 9.11. The van der Waals surface area contributed by atoms with Gasteiger partial charge in [0.15, 0.2) is 0 Å². The summed E-state index contributed by atoms with van der Waals surface area (Å²) in [5.74, 6) is 0.104. The van der Waals surface area contributed by atoms with E-state index in [1.165, 1.54) is 0 Å². The van der Waals surface area contributed by atoms with Crippen LogP contribution in [0.1, 0.15) is 47.0 Å². The van der Waals surface area contributed by atoms with Crippen LogP contribution < -0.4 is 5.32 Å². The third-order valence-electron chi connectivity index (χ3n) is 4.65. The molecule has 0 radical (unpaired) electrons. The summed E-state index contributed by atoms with van der Waals surface area (Å²) in [5, 5.41) is 12.1. The molecule has 2 N–H and O–H groups in total. The number of hydrogen-bond donors (Lipinski definition) is 2. The van der Waals surface area contributed by atoms with Crippen LogP contribution in [0.5, 0.6) is 0 Å². The van der Waals surface area contributed by atoms with Crippen LogP contribution in [0.25, 0.3) is 0 Å². The Bertz CT molecular complexity index is 359. The third kappa shape index (κ3) is 4.99. The van der Waals surface area contributed by atoms with Gasteiger partial charge in [0.1, 0.15) is 0 Å². The number of hydrogen-bond acceptors (Lipinski definition) is 3. The molecule has 1 saturated heterocycles. The first-order valence-corrected chi connectivity index (χ1v) is 8.10. The Balaban J connectivity index is 2.55. The largest absolute Gasteiger partial charge is 0.396 e. The summed E-state index contributed by atoms with van der Waals surface area (Å²) in [7, 11) is 0. The Morgan fingerprint density at radius 3 is 2.57 bits per heavy atom. The van der Waals surface area contributed by atoms with Crippen LogP contribution in [0.15, 0.2) is 0 Å². The van der Waals surface area contributed by atoms with Gasteiger partial charge in [0.05, 0.1) is 5.92 Å². The number of piperidine rings is 1. The van der Waals surface area contributed by atoms with Gasteiger partial charge in [-0.25, -0.2) is 0 Å². The minimum atomic E-state index is -0.125. The summed E-state index contributed by atoms with van der Waals surface area (Å²) >= 11 is 0. The van der Waals surface area contributed by atoms with Gasteiger partial charge in [0.2, 0.25) is 11.8 Å². The third-order valence-corrected chi connectivity index (χ3v) is 4.65. The van der Waals surface area contributed by atoms with Crippen molar-refractivity contribution in [3.63, 3.8) is 0 Å². The van der Waals surface area contributed by atoms with Crippen LogP contribution in [0.2, 0.25) is 0 Å². The zero-order valence-electron chi connectivity index (χ0n) is 13.8. The van der Waals surface area contributed by atoms with Gasteiger partial charge in [-0.2, -0.15) is 0 Å². The number of nitrogens with one attached hydrogen (secondary N) is 1. The molecule has 1 heterocycles. The van der Waals surface area contributed by atoms with Crippen molar-refractivity contribution in [2.75, 3.05) is 19.7 Å². The Kier molecular flexibility index (Phi) is 7.15. The number of nitrogens with zero attached hydrogens (tertiary/aromatic N) is 1. The normalized spacial score (nSPS) is 23.3. The molecule has 0 aromatic heterocycles. The highest BCUT2D eigenvalue weighted by Crippen LogP contribution is 2.20. The molecule has 0 spiro atoms. The minimum absolute atomic E-state index is 0.00412. The van der Waals surface area contributed by atoms with E-state index in [2.05, 4.69) is 5.32 Å². The van der Waals surface area contributed by atoms with Crippen molar-refractivity contribution in [3.8, 4) is 0 Å². The Labute approximate surface area is 128 Å². The number of likely N-dealkylation sites (tertiary alicyclic amines) is 1. The summed E-state index contributed by atoms with van der Waals surface area (Å²) in [6.07, 6.45) is 2.54. The van der Waals surface area contributed by atoms with Crippen LogP contribution in [0, 0.1) is 17.8 Å². The fourth-order valence-corrected chi connectivity index (χ4v) is 2.52. The number of aliphatic hydroxyl groups excluding tert-OH is 1. The van der Waals surface area contributed by atoms with E-state index in [1.807, 2.05) is 32.6 Å². The molecule has 0 aromatic carbocycles. The predicted molar refractivity (Wildman–Crippen MR) is 82.6 cm³/mol. The first-order valence-electron chi connectivity index (χ1n) is 8.10. The molecule has 2 amide bonds. The minimum Gasteiger partial charge on any atom is -0.396 e. The molecule has 4 unspecified atom stereocenters. The first kappa shape index (κ1) is 18.0. The topological polar surface area (TPSA) is 69.6 Å². The monoisotopic (exact) mass is 298 g/mol. The van der Waals surface area contributed by atoms with Crippen LogP contribution in [-0.2, 0) is 9.59 Å². The van der Waals surface area contributed by atoms with Crippen molar-refractivity contribution < 1.29 is 14.7 Å². The van der Waals surface area contributed by atoms with Gasteiger partial charge in [-0.15, -0.1) is 0 Å². The second-order valence-corrected chi connectivity index (χ2v) is 6.39. The quantitative estimate of drug-likeness (QED) is 0.779. The highest BCUT2D eigenvalue weighted by atomic mass is 16.3. The zero-order valence-corrected chi connectivity index (χ0v) is 13.8. The number of carbonyl (C=O) groups excluding carboxylic acids is 2. The fraction of sp³-hybridized carbons (Fsp3) is 0.875. The van der Waals surface area contributed by atoms with Gasteiger partial charge >= 0.3 is 0 Å². The summed E-state index contributed by atoms with van der Waals surface area (Å²) in [4.78, 5) is 26.4. The molecule has 1 aliphatic heterocycles. The van der Waals surface area contributed by atoms with Crippen LogP contribution in [-0.4, -0.2) is 47.6 Å². The van der Waals surface area contributed by atoms with Crippen molar-refractivity contribution in [1.29, 1.82) is 0 Å². The van der Waals surface area contributed by atoms with Crippen LogP contribution in [0.4, 0.5) is 0 Å². The van der Waals surface area contributed by atoms with Crippen molar-refractivity contribution in [1.82, 2.24) is 10.2 Å². The van der Waals surface area contributed by atoms with Crippen molar-refractivity contribution in [3.05, 3.63) is 0 Å². The van der Waals surface area contributed by atoms with Crippen LogP contribution >= 0.6 is 0 Å². The van der Waals surface area contributed by atoms with Crippen molar-refractivity contribution in [2.45, 2.75) is 53.0 Å². The molecule has 5 heteroatoms. The average molecular weight is 298 g/mol. The molecule has 1 rings (SSSR count). The number of carbonyl (C=O) groups is 2. The number of rotatable bonds is 6. The molecule has 0 aliphatic carbocycles. The predicted octanol–water partition coefficient (Wildman–Crippen LogP) is 1.40. The lowest BCUT2D eigenvalue weighted by Gasteiger charge is -2.34. The number of amides is 2. The van der Waals surface area contributed by atoms with Gasteiger partial charge in [-0.1, -0.05) is 20.8 Å². The Morgan fingerprint density at radius 1 is 1.33 bits per heavy atom. The number of aliphatic hydroxyl groups is 1. The van der Waals surface area contributed by atoms with Gasteiger partial charge in [0.25, 0.3) is 0 Å². The second kappa shape index (κ2) is 8.37. The highest BCUT2D eigenvalue weighted by molar-refractivity contribution is 5.82. The van der Waals surface area contributed by atoms with Crippen molar-refractivity contribution >= 4 is 11.8 Å². The standard InChI is InChI=1S/C16H30N2O3/c1-5-11(2)16(21)18-8-6-7-14(9-18)15(20)17-13(4)12(3)10-19/h11-14,19H,5-10H2,1-4H3,(H,17,20). The molecular formula is C16H30N2O3. The molecule has 0 aromatic rings. The average Bonchev–Trinajstić information content (AvgIpc) is 2.52. The lowest BCUT2D eigenvalue weighted by atomic mass is 9.94. The molecule has 0 bridgehead atoms. The smallest absolute Gasteiger partial charge is 0.225 e. The molecule has 0 saturated carbocycles. The van der Waals surface area contributed by atoms with Gasteiger partial charge < -0.3 is 15.3 Å². The fourth-order valence-electron chi connectivity index (χ4n) is 2.52. The van der Waals surface area contributed by atoms with E-state index < -0.39 is 0 Å². The van der Waals surface area contributed by atoms with E-state index in [4.69, 9.17) is 5.11 Å². The van der Waals surface area contributed by atoms with Gasteiger partial charge in [-0.05, 0) is 32.1 Å². The van der Waals surface area contributed by atoms with Crippen molar-refractivity contribution in [2.24, 2.45) is 17.8 Å². The van der Waals surface area contributed by atoms with E-state index in [0.717, 1.165) is 25.8 Å². The summed E-state index contributed by atoms with van der Waals surface area (Å²) in [5.41, 5.74) is 0. The van der Waals surface area contributed by atoms with Gasteiger partial charge in [0, 0.05) is 31.7 Å². The zero-order chi connectivity index (χ0) is 16.0. The van der Waals surface area contributed by atoms with E-state index >= 15 is 0 Å². The van der Waals surface area contributed by atoms with E-state index in [0.29, 0.717) is 6.54 Å². The van der Waals surface area contributed by atoms with E-state index in [1.54, 1.807) is 0 Å². The lowest BCUT2D eigenvalue weighted by Crippen LogP contribution is -2.49. The SMILES string of the molecule is CCC(C)C(=O)N1CCCC(C(=O)NC(C)C(C)CO)C1. The maximum atomic E-state index is 12.3. The molecule has 21 heavy (non-hydrogen) atoms. The lowest BCUT2D eigenvalue weighted by molar-refractivity contribution is -0.139. The Hall–Kier alpha value is -1.10. The first-order chi connectivity index (χ1) is 9.90. The highest BCUT2D eigenvalue weighted by Gasteiger charge is 2.30. The summed E-state index contributed by atoms with van der Waals surface area (Å²) in [6, 6.07) is -0.0526. The second-order valence-electron chi connectivity index (χ2n) is 6.39. The molecular weight excluding hydrogens is 268 g/mol. The Morgan fingerprint density at radius 2 is 2.00 bits per heavy atom. The molecule has 122 valence electrons. The molecule has 5 nitrogen and oxygen atoms in total.